The SMILES string of the molecule is COC(=O)C(NC(=O)[C@@H](NC(=O)c1cnccn1)C1CCCC1)C(C)(C)C. The second-order valence-corrected chi connectivity index (χ2v) is 7.92. The number of methoxy groups -OCH3 is 1. The smallest absolute Gasteiger partial charge is 0.328 e. The van der Waals surface area contributed by atoms with Gasteiger partial charge in [-0.15, -0.1) is 0 Å². The highest BCUT2D eigenvalue weighted by molar-refractivity contribution is 5.96. The highest BCUT2D eigenvalue weighted by Gasteiger charge is 2.38. The summed E-state index contributed by atoms with van der Waals surface area (Å²) in [5, 5.41) is 5.56. The van der Waals surface area contributed by atoms with Crippen molar-refractivity contribution in [2.45, 2.75) is 58.5 Å². The van der Waals surface area contributed by atoms with Crippen LogP contribution in [0.4, 0.5) is 0 Å². The molecule has 1 aromatic heterocycles. The Kier molecular flexibility index (Phi) is 6.87. The van der Waals surface area contributed by atoms with Gasteiger partial charge in [0.15, 0.2) is 0 Å². The fraction of sp³-hybridized carbons (Fsp3) is 0.632. The number of carbonyl (C=O) groups excluding carboxylic acids is 3. The van der Waals surface area contributed by atoms with Crippen LogP contribution in [0.3, 0.4) is 0 Å². The van der Waals surface area contributed by atoms with E-state index in [-0.39, 0.29) is 17.5 Å². The Bertz CT molecular complexity index is 666. The number of hydrogen-bond acceptors (Lipinski definition) is 6. The number of esters is 1. The molecule has 0 spiro atoms. The Morgan fingerprint density at radius 2 is 1.81 bits per heavy atom. The van der Waals surface area contributed by atoms with Crippen molar-refractivity contribution in [2.24, 2.45) is 11.3 Å². The lowest BCUT2D eigenvalue weighted by atomic mass is 9.86. The molecule has 0 aromatic carbocycles. The van der Waals surface area contributed by atoms with Crippen LogP contribution in [0.25, 0.3) is 0 Å². The second kappa shape index (κ2) is 8.92. The maximum atomic E-state index is 13.0. The van der Waals surface area contributed by atoms with E-state index in [2.05, 4.69) is 20.6 Å². The van der Waals surface area contributed by atoms with Crippen LogP contribution in [-0.2, 0) is 14.3 Å². The van der Waals surface area contributed by atoms with Crippen LogP contribution in [0.5, 0.6) is 0 Å². The summed E-state index contributed by atoms with van der Waals surface area (Å²) in [5.41, 5.74) is -0.383. The van der Waals surface area contributed by atoms with Gasteiger partial charge in [-0.1, -0.05) is 33.6 Å². The second-order valence-electron chi connectivity index (χ2n) is 7.92. The third-order valence-electron chi connectivity index (χ3n) is 4.83. The molecule has 27 heavy (non-hydrogen) atoms. The first-order valence-electron chi connectivity index (χ1n) is 9.19. The fourth-order valence-corrected chi connectivity index (χ4v) is 3.30. The Morgan fingerprint density at radius 1 is 1.15 bits per heavy atom. The van der Waals surface area contributed by atoms with Crippen LogP contribution in [-0.4, -0.2) is 46.9 Å². The molecular formula is C19H28N4O4. The van der Waals surface area contributed by atoms with Crippen molar-refractivity contribution in [3.8, 4) is 0 Å². The van der Waals surface area contributed by atoms with Gasteiger partial charge < -0.3 is 15.4 Å². The fourth-order valence-electron chi connectivity index (χ4n) is 3.30. The summed E-state index contributed by atoms with van der Waals surface area (Å²) in [6, 6.07) is -1.55. The van der Waals surface area contributed by atoms with Gasteiger partial charge >= 0.3 is 5.97 Å². The molecule has 1 aliphatic carbocycles. The van der Waals surface area contributed by atoms with Gasteiger partial charge in [-0.2, -0.15) is 0 Å². The lowest BCUT2D eigenvalue weighted by Crippen LogP contribution is -2.57. The molecule has 1 saturated carbocycles. The monoisotopic (exact) mass is 376 g/mol. The highest BCUT2D eigenvalue weighted by Crippen LogP contribution is 2.29. The van der Waals surface area contributed by atoms with E-state index in [0.717, 1.165) is 25.7 Å². The molecule has 0 aliphatic heterocycles. The minimum atomic E-state index is -0.813. The van der Waals surface area contributed by atoms with Crippen molar-refractivity contribution >= 4 is 17.8 Å². The number of aromatic nitrogens is 2. The molecule has 148 valence electrons. The third kappa shape index (κ3) is 5.48. The predicted octanol–water partition coefficient (Wildman–Crippen LogP) is 1.47. The number of nitrogens with zero attached hydrogens (tertiary/aromatic N) is 2. The molecular weight excluding hydrogens is 348 g/mol. The first-order chi connectivity index (χ1) is 12.7. The molecule has 0 bridgehead atoms. The van der Waals surface area contributed by atoms with Gasteiger partial charge in [0.2, 0.25) is 5.91 Å². The van der Waals surface area contributed by atoms with E-state index in [1.807, 2.05) is 20.8 Å². The zero-order valence-corrected chi connectivity index (χ0v) is 16.3. The average Bonchev–Trinajstić information content (AvgIpc) is 3.17. The summed E-state index contributed by atoms with van der Waals surface area (Å²) >= 11 is 0. The lowest BCUT2D eigenvalue weighted by Gasteiger charge is -2.32. The van der Waals surface area contributed by atoms with E-state index in [4.69, 9.17) is 4.74 Å². The third-order valence-corrected chi connectivity index (χ3v) is 4.83. The van der Waals surface area contributed by atoms with Gasteiger partial charge in [-0.25, -0.2) is 9.78 Å². The molecule has 8 heteroatoms. The first kappa shape index (κ1) is 20.8. The molecule has 8 nitrogen and oxygen atoms in total. The lowest BCUT2D eigenvalue weighted by molar-refractivity contribution is -0.148. The van der Waals surface area contributed by atoms with Crippen LogP contribution in [0.2, 0.25) is 0 Å². The summed E-state index contributed by atoms with van der Waals surface area (Å²) < 4.78 is 4.84. The van der Waals surface area contributed by atoms with Gasteiger partial charge in [0.1, 0.15) is 17.8 Å². The maximum Gasteiger partial charge on any atom is 0.328 e. The largest absolute Gasteiger partial charge is 0.467 e. The number of rotatable bonds is 6. The molecule has 1 fully saturated rings. The van der Waals surface area contributed by atoms with E-state index in [9.17, 15) is 14.4 Å². The van der Waals surface area contributed by atoms with E-state index in [0.29, 0.717) is 0 Å². The van der Waals surface area contributed by atoms with Crippen LogP contribution >= 0.6 is 0 Å². The predicted molar refractivity (Wildman–Crippen MR) is 98.6 cm³/mol. The minimum Gasteiger partial charge on any atom is -0.467 e. The summed E-state index contributed by atoms with van der Waals surface area (Å²) in [5.74, 6) is -1.34. The number of nitrogens with one attached hydrogen (secondary N) is 2. The molecule has 2 rings (SSSR count). The van der Waals surface area contributed by atoms with Crippen molar-refractivity contribution in [2.75, 3.05) is 7.11 Å². The molecule has 2 atom stereocenters. The van der Waals surface area contributed by atoms with Gasteiger partial charge in [0.25, 0.3) is 5.91 Å². The van der Waals surface area contributed by atoms with Crippen molar-refractivity contribution in [3.63, 3.8) is 0 Å². The first-order valence-corrected chi connectivity index (χ1v) is 9.19. The minimum absolute atomic E-state index is 0.0175. The molecule has 1 aliphatic rings. The van der Waals surface area contributed by atoms with Crippen molar-refractivity contribution in [1.29, 1.82) is 0 Å². The quantitative estimate of drug-likeness (QED) is 0.728. The molecule has 1 aromatic rings. The number of hydrogen-bond donors (Lipinski definition) is 2. The number of amides is 2. The zero-order chi connectivity index (χ0) is 20.0. The van der Waals surface area contributed by atoms with E-state index in [1.54, 1.807) is 0 Å². The normalized spacial score (nSPS) is 17.0. The topological polar surface area (TPSA) is 110 Å². The van der Waals surface area contributed by atoms with E-state index in [1.165, 1.54) is 25.7 Å². The Balaban J connectivity index is 2.18. The highest BCUT2D eigenvalue weighted by atomic mass is 16.5. The van der Waals surface area contributed by atoms with Gasteiger partial charge in [0, 0.05) is 12.4 Å². The van der Waals surface area contributed by atoms with Gasteiger partial charge in [-0.3, -0.25) is 14.6 Å². The van der Waals surface area contributed by atoms with Crippen molar-refractivity contribution < 1.29 is 19.1 Å². The molecule has 1 unspecified atom stereocenters. The molecule has 2 N–H and O–H groups in total. The van der Waals surface area contributed by atoms with Crippen LogP contribution < -0.4 is 10.6 Å². The summed E-state index contributed by atoms with van der Waals surface area (Å²) in [7, 11) is 1.29. The van der Waals surface area contributed by atoms with E-state index >= 15 is 0 Å². The summed E-state index contributed by atoms with van der Waals surface area (Å²) in [4.78, 5) is 45.5. The van der Waals surface area contributed by atoms with Crippen LogP contribution in [0, 0.1) is 11.3 Å². The van der Waals surface area contributed by atoms with Crippen LogP contribution in [0.1, 0.15) is 56.9 Å². The standard InChI is InChI=1S/C19H28N4O4/c1-19(2,3)15(18(26)27-4)23-17(25)14(12-7-5-6-8-12)22-16(24)13-11-20-9-10-21-13/h9-12,14-15H,5-8H2,1-4H3,(H,22,24)(H,23,25)/t14-,15?/m0/s1. The Morgan fingerprint density at radius 3 is 2.33 bits per heavy atom. The summed E-state index contributed by atoms with van der Waals surface area (Å²) in [6.07, 6.45) is 7.96. The Labute approximate surface area is 159 Å². The van der Waals surface area contributed by atoms with E-state index < -0.39 is 29.4 Å². The summed E-state index contributed by atoms with van der Waals surface area (Å²) in [6.45, 7) is 5.53. The van der Waals surface area contributed by atoms with Crippen molar-refractivity contribution in [1.82, 2.24) is 20.6 Å². The van der Waals surface area contributed by atoms with Crippen molar-refractivity contribution in [3.05, 3.63) is 24.3 Å². The molecule has 2 amide bonds. The molecule has 1 heterocycles. The average molecular weight is 376 g/mol. The Hall–Kier alpha value is -2.51. The zero-order valence-electron chi connectivity index (χ0n) is 16.3. The number of carbonyl (C=O) groups is 3. The number of ether oxygens (including phenoxy) is 1. The molecule has 0 radical (unpaired) electrons. The molecule has 0 saturated heterocycles. The maximum absolute atomic E-state index is 13.0. The van der Waals surface area contributed by atoms with Gasteiger partial charge in [-0.05, 0) is 24.2 Å². The van der Waals surface area contributed by atoms with Gasteiger partial charge in [0.05, 0.1) is 13.3 Å². The van der Waals surface area contributed by atoms with Crippen LogP contribution in [0.15, 0.2) is 18.6 Å².